The summed E-state index contributed by atoms with van der Waals surface area (Å²) in [5.41, 5.74) is 3.22. The second-order valence-corrected chi connectivity index (χ2v) is 7.14. The highest BCUT2D eigenvalue weighted by Crippen LogP contribution is 2.34. The molecule has 0 aliphatic carbocycles. The molecule has 3 heterocycles. The molecule has 0 unspecified atom stereocenters. The maximum absolute atomic E-state index is 9.51. The summed E-state index contributed by atoms with van der Waals surface area (Å²) >= 11 is 0. The van der Waals surface area contributed by atoms with Gasteiger partial charge in [0.15, 0.2) is 5.82 Å². The number of hydrogen-bond donors (Lipinski definition) is 1. The maximum Gasteiger partial charge on any atom is 0.158 e. The molecule has 7 nitrogen and oxygen atoms in total. The van der Waals surface area contributed by atoms with Crippen molar-refractivity contribution in [1.29, 1.82) is 5.26 Å². The Labute approximate surface area is 176 Å². The van der Waals surface area contributed by atoms with Gasteiger partial charge in [-0.1, -0.05) is 24.8 Å². The van der Waals surface area contributed by atoms with Crippen LogP contribution in [0.15, 0.2) is 67.4 Å². The Morgan fingerprint density at radius 1 is 1.13 bits per heavy atom. The van der Waals surface area contributed by atoms with Gasteiger partial charge in [-0.05, 0) is 37.1 Å². The number of benzene rings is 1. The molecule has 0 fully saturated rings. The number of nitrogens with zero attached hydrogens (tertiary/aromatic N) is 6. The van der Waals surface area contributed by atoms with Crippen molar-refractivity contribution in [1.82, 2.24) is 15.0 Å². The van der Waals surface area contributed by atoms with Crippen LogP contribution in [-0.4, -0.2) is 35.1 Å². The maximum atomic E-state index is 9.51. The van der Waals surface area contributed by atoms with E-state index in [1.54, 1.807) is 12.3 Å². The van der Waals surface area contributed by atoms with E-state index in [-0.39, 0.29) is 0 Å². The summed E-state index contributed by atoms with van der Waals surface area (Å²) in [4.78, 5) is 17.5. The number of nitriles is 1. The van der Waals surface area contributed by atoms with Crippen molar-refractivity contribution in [2.45, 2.75) is 12.8 Å². The number of fused-ring (bicyclic) bond motifs is 1. The second kappa shape index (κ2) is 8.62. The fourth-order valence-electron chi connectivity index (χ4n) is 3.58. The zero-order valence-electron chi connectivity index (χ0n) is 16.9. The molecule has 1 N–H and O–H groups in total. The second-order valence-electron chi connectivity index (χ2n) is 7.14. The van der Waals surface area contributed by atoms with Gasteiger partial charge in [-0.25, -0.2) is 15.0 Å². The van der Waals surface area contributed by atoms with Crippen molar-refractivity contribution in [3.63, 3.8) is 0 Å². The molecule has 4 rings (SSSR count). The smallest absolute Gasteiger partial charge is 0.158 e. The molecule has 30 heavy (non-hydrogen) atoms. The van der Waals surface area contributed by atoms with Gasteiger partial charge in [-0.3, -0.25) is 0 Å². The summed E-state index contributed by atoms with van der Waals surface area (Å²) < 4.78 is 0. The molecule has 1 aromatic carbocycles. The van der Waals surface area contributed by atoms with Crippen molar-refractivity contribution in [2.75, 3.05) is 35.3 Å². The van der Waals surface area contributed by atoms with E-state index in [1.165, 1.54) is 6.33 Å². The van der Waals surface area contributed by atoms with Crippen LogP contribution in [0, 0.1) is 11.3 Å². The van der Waals surface area contributed by atoms with Crippen LogP contribution >= 0.6 is 0 Å². The average Bonchev–Trinajstić information content (AvgIpc) is 2.78. The normalized spacial score (nSPS) is 13.6. The molecular formula is C23H23N7. The predicted octanol–water partition coefficient (Wildman–Crippen LogP) is 4.03. The molecule has 2 aromatic heterocycles. The fraction of sp³-hybridized carbons (Fsp3) is 0.217. The molecule has 1 aliphatic heterocycles. The summed E-state index contributed by atoms with van der Waals surface area (Å²) in [6.07, 6.45) is 5.27. The minimum Gasteiger partial charge on any atom is -0.372 e. The Kier molecular flexibility index (Phi) is 5.57. The third kappa shape index (κ3) is 3.94. The van der Waals surface area contributed by atoms with Crippen molar-refractivity contribution in [3.05, 3.63) is 73.0 Å². The molecule has 0 bridgehead atoms. The predicted molar refractivity (Wildman–Crippen MR) is 119 cm³/mol. The van der Waals surface area contributed by atoms with Crippen LogP contribution in [0.3, 0.4) is 0 Å². The van der Waals surface area contributed by atoms with Gasteiger partial charge in [0.2, 0.25) is 0 Å². The third-order valence-electron chi connectivity index (χ3n) is 5.15. The lowest BCUT2D eigenvalue weighted by Gasteiger charge is -2.33. The summed E-state index contributed by atoms with van der Waals surface area (Å²) in [6, 6.07) is 15.6. The SMILES string of the molecule is C=C(Nc1ccncn1)N1CCCCN(C)c2ccc(-c3ccccc3C#N)nc21. The van der Waals surface area contributed by atoms with E-state index in [4.69, 9.17) is 4.98 Å². The summed E-state index contributed by atoms with van der Waals surface area (Å²) in [7, 11) is 2.08. The first-order valence-corrected chi connectivity index (χ1v) is 9.88. The van der Waals surface area contributed by atoms with Crippen LogP contribution in [0.1, 0.15) is 18.4 Å². The monoisotopic (exact) mass is 397 g/mol. The number of pyridine rings is 1. The summed E-state index contributed by atoms with van der Waals surface area (Å²) in [5.74, 6) is 2.19. The quantitative estimate of drug-likeness (QED) is 0.712. The van der Waals surface area contributed by atoms with Gasteiger partial charge in [0, 0.05) is 31.9 Å². The minimum atomic E-state index is 0.605. The molecule has 0 atom stereocenters. The molecule has 0 spiro atoms. The number of nitrogens with one attached hydrogen (secondary N) is 1. The number of aromatic nitrogens is 3. The Bertz CT molecular complexity index is 1090. The van der Waals surface area contributed by atoms with Gasteiger partial charge in [0.1, 0.15) is 18.0 Å². The number of rotatable bonds is 4. The van der Waals surface area contributed by atoms with Crippen molar-refractivity contribution in [3.8, 4) is 17.3 Å². The number of hydrogen-bond acceptors (Lipinski definition) is 7. The Balaban J connectivity index is 1.77. The van der Waals surface area contributed by atoms with E-state index in [0.29, 0.717) is 17.2 Å². The fourth-order valence-corrected chi connectivity index (χ4v) is 3.58. The molecule has 0 amide bonds. The van der Waals surface area contributed by atoms with Crippen molar-refractivity contribution < 1.29 is 0 Å². The molecule has 0 radical (unpaired) electrons. The molecule has 0 saturated carbocycles. The molecule has 0 saturated heterocycles. The van der Waals surface area contributed by atoms with Crippen molar-refractivity contribution >= 4 is 17.3 Å². The standard InChI is InChI=1S/C23H23N7/c1-17(27-22-11-12-25-16-26-22)30-14-6-5-13-29(2)21-10-9-20(28-23(21)30)19-8-4-3-7-18(19)15-24/h3-4,7-12,16H,1,5-6,13-14H2,2H3,(H,25,26,27). The lowest BCUT2D eigenvalue weighted by atomic mass is 10.0. The lowest BCUT2D eigenvalue weighted by Crippen LogP contribution is -2.33. The van der Waals surface area contributed by atoms with Crippen LogP contribution < -0.4 is 15.1 Å². The first-order chi connectivity index (χ1) is 14.7. The Hall–Kier alpha value is -3.92. The van der Waals surface area contributed by atoms with Gasteiger partial charge >= 0.3 is 0 Å². The lowest BCUT2D eigenvalue weighted by molar-refractivity contribution is 0.687. The topological polar surface area (TPSA) is 81.0 Å². The Morgan fingerprint density at radius 3 is 2.77 bits per heavy atom. The van der Waals surface area contributed by atoms with Gasteiger partial charge in [-0.15, -0.1) is 0 Å². The summed E-state index contributed by atoms with van der Waals surface area (Å²) in [6.45, 7) is 6.00. The average molecular weight is 397 g/mol. The van der Waals surface area contributed by atoms with E-state index in [0.717, 1.165) is 48.7 Å². The highest BCUT2D eigenvalue weighted by molar-refractivity contribution is 5.76. The van der Waals surface area contributed by atoms with Crippen LogP contribution in [-0.2, 0) is 0 Å². The van der Waals surface area contributed by atoms with E-state index in [9.17, 15) is 5.26 Å². The number of anilines is 3. The van der Waals surface area contributed by atoms with Gasteiger partial charge in [0.05, 0.1) is 23.0 Å². The van der Waals surface area contributed by atoms with Crippen LogP contribution in [0.5, 0.6) is 0 Å². The van der Waals surface area contributed by atoms with Crippen LogP contribution in [0.4, 0.5) is 17.3 Å². The highest BCUT2D eigenvalue weighted by atomic mass is 15.3. The van der Waals surface area contributed by atoms with E-state index < -0.39 is 0 Å². The van der Waals surface area contributed by atoms with Crippen LogP contribution in [0.25, 0.3) is 11.3 Å². The molecular weight excluding hydrogens is 374 g/mol. The third-order valence-corrected chi connectivity index (χ3v) is 5.15. The zero-order valence-corrected chi connectivity index (χ0v) is 16.9. The highest BCUT2D eigenvalue weighted by Gasteiger charge is 2.22. The van der Waals surface area contributed by atoms with Crippen molar-refractivity contribution in [2.24, 2.45) is 0 Å². The van der Waals surface area contributed by atoms with Gasteiger partial charge in [-0.2, -0.15) is 5.26 Å². The van der Waals surface area contributed by atoms with E-state index >= 15 is 0 Å². The first kappa shape index (κ1) is 19.4. The zero-order chi connectivity index (χ0) is 20.9. The molecule has 3 aromatic rings. The Morgan fingerprint density at radius 2 is 1.97 bits per heavy atom. The largest absolute Gasteiger partial charge is 0.372 e. The molecule has 1 aliphatic rings. The molecule has 7 heteroatoms. The minimum absolute atomic E-state index is 0.605. The molecule has 150 valence electrons. The van der Waals surface area contributed by atoms with Gasteiger partial charge in [0.25, 0.3) is 0 Å². The van der Waals surface area contributed by atoms with Crippen LogP contribution in [0.2, 0.25) is 0 Å². The van der Waals surface area contributed by atoms with Gasteiger partial charge < -0.3 is 15.1 Å². The van der Waals surface area contributed by atoms with E-state index in [1.807, 2.05) is 30.3 Å². The first-order valence-electron chi connectivity index (χ1n) is 9.88. The summed E-state index contributed by atoms with van der Waals surface area (Å²) in [5, 5.41) is 12.8. The van der Waals surface area contributed by atoms with E-state index in [2.05, 4.69) is 50.8 Å².